The highest BCUT2D eigenvalue weighted by Crippen LogP contribution is 2.33. The molecule has 0 atom stereocenters. The number of carbonyl (C=O) groups is 1. The van der Waals surface area contributed by atoms with Crippen LogP contribution in [0.25, 0.3) is 0 Å². The van der Waals surface area contributed by atoms with Crippen molar-refractivity contribution in [3.05, 3.63) is 90.5 Å². The van der Waals surface area contributed by atoms with Gasteiger partial charge in [-0.25, -0.2) is 0 Å². The minimum absolute atomic E-state index is 0.0417. The summed E-state index contributed by atoms with van der Waals surface area (Å²) in [6, 6.07) is 28.7. The van der Waals surface area contributed by atoms with E-state index in [2.05, 4.69) is 59.9 Å². The lowest BCUT2D eigenvalue weighted by Crippen LogP contribution is -2.29. The van der Waals surface area contributed by atoms with Crippen molar-refractivity contribution in [3.8, 4) is 0 Å². The zero-order chi connectivity index (χ0) is 16.1. The van der Waals surface area contributed by atoms with Crippen molar-refractivity contribution in [2.24, 2.45) is 0 Å². The van der Waals surface area contributed by atoms with Gasteiger partial charge in [-0.1, -0.05) is 78.9 Å². The second-order valence-electron chi connectivity index (χ2n) is 5.10. The summed E-state index contributed by atoms with van der Waals surface area (Å²) in [6.07, 6.45) is 0. The molecular formula is C20H18NOP. The summed E-state index contributed by atoms with van der Waals surface area (Å²) in [5, 5.41) is 6.32. The van der Waals surface area contributed by atoms with Gasteiger partial charge in [-0.2, -0.15) is 0 Å². The van der Waals surface area contributed by atoms with Gasteiger partial charge in [-0.3, -0.25) is 4.79 Å². The van der Waals surface area contributed by atoms with Gasteiger partial charge in [0.2, 0.25) is 0 Å². The molecule has 0 aliphatic rings. The minimum Gasteiger partial charge on any atom is -0.355 e. The lowest BCUT2D eigenvalue weighted by Gasteiger charge is -2.21. The Morgan fingerprint density at radius 2 is 1.22 bits per heavy atom. The molecule has 2 nitrogen and oxygen atoms in total. The molecule has 3 aromatic carbocycles. The van der Waals surface area contributed by atoms with E-state index in [-0.39, 0.29) is 5.91 Å². The number of benzene rings is 3. The molecule has 3 rings (SSSR count). The number of nitrogens with one attached hydrogen (secondary N) is 1. The smallest absolute Gasteiger partial charge is 0.251 e. The van der Waals surface area contributed by atoms with E-state index in [1.54, 1.807) is 7.05 Å². The van der Waals surface area contributed by atoms with Crippen molar-refractivity contribution in [1.29, 1.82) is 0 Å². The minimum atomic E-state index is -0.766. The Labute approximate surface area is 137 Å². The zero-order valence-electron chi connectivity index (χ0n) is 12.9. The third-order valence-corrected chi connectivity index (χ3v) is 6.15. The standard InChI is InChI=1S/C20H18NOP/c1-21-20(22)18-14-8-9-15-19(18)23(16-10-4-2-5-11-16)17-12-6-3-7-13-17/h2-15H,1H3,(H,21,22). The van der Waals surface area contributed by atoms with Crippen LogP contribution in [0.5, 0.6) is 0 Å². The Morgan fingerprint density at radius 1 is 0.739 bits per heavy atom. The van der Waals surface area contributed by atoms with Crippen LogP contribution in [0.1, 0.15) is 10.4 Å². The summed E-state index contributed by atoms with van der Waals surface area (Å²) < 4.78 is 0. The van der Waals surface area contributed by atoms with Crippen molar-refractivity contribution in [1.82, 2.24) is 5.32 Å². The summed E-state index contributed by atoms with van der Waals surface area (Å²) in [7, 11) is 0.907. The first kappa shape index (κ1) is 15.5. The quantitative estimate of drug-likeness (QED) is 0.736. The fourth-order valence-corrected chi connectivity index (χ4v) is 5.02. The highest BCUT2D eigenvalue weighted by atomic mass is 31.1. The first-order valence-electron chi connectivity index (χ1n) is 7.52. The van der Waals surface area contributed by atoms with E-state index in [9.17, 15) is 4.79 Å². The monoisotopic (exact) mass is 319 g/mol. The normalized spacial score (nSPS) is 10.5. The topological polar surface area (TPSA) is 29.1 Å². The van der Waals surface area contributed by atoms with Gasteiger partial charge in [0, 0.05) is 12.6 Å². The molecular weight excluding hydrogens is 301 g/mol. The van der Waals surface area contributed by atoms with E-state index in [0.29, 0.717) is 0 Å². The van der Waals surface area contributed by atoms with Gasteiger partial charge in [-0.15, -0.1) is 0 Å². The van der Waals surface area contributed by atoms with Crippen LogP contribution in [0.2, 0.25) is 0 Å². The maximum atomic E-state index is 12.3. The molecule has 0 fully saturated rings. The summed E-state index contributed by atoms with van der Waals surface area (Å²) in [6.45, 7) is 0. The number of hydrogen-bond acceptors (Lipinski definition) is 1. The van der Waals surface area contributed by atoms with Gasteiger partial charge in [0.15, 0.2) is 0 Å². The second-order valence-corrected chi connectivity index (χ2v) is 7.29. The van der Waals surface area contributed by atoms with Gasteiger partial charge in [0.25, 0.3) is 5.91 Å². The van der Waals surface area contributed by atoms with Crippen molar-refractivity contribution in [2.75, 3.05) is 7.05 Å². The van der Waals surface area contributed by atoms with E-state index in [1.807, 2.05) is 30.3 Å². The van der Waals surface area contributed by atoms with Gasteiger partial charge in [0.1, 0.15) is 0 Å². The van der Waals surface area contributed by atoms with Crippen LogP contribution in [0.3, 0.4) is 0 Å². The van der Waals surface area contributed by atoms with E-state index < -0.39 is 7.92 Å². The maximum absolute atomic E-state index is 12.3. The van der Waals surface area contributed by atoms with E-state index >= 15 is 0 Å². The highest BCUT2D eigenvalue weighted by molar-refractivity contribution is 7.80. The molecule has 23 heavy (non-hydrogen) atoms. The Balaban J connectivity index is 2.20. The molecule has 0 saturated carbocycles. The van der Waals surface area contributed by atoms with E-state index in [4.69, 9.17) is 0 Å². The maximum Gasteiger partial charge on any atom is 0.251 e. The molecule has 114 valence electrons. The number of rotatable bonds is 4. The number of amides is 1. The molecule has 3 aromatic rings. The molecule has 0 bridgehead atoms. The molecule has 0 aromatic heterocycles. The summed E-state index contributed by atoms with van der Waals surface area (Å²) in [4.78, 5) is 12.3. The van der Waals surface area contributed by atoms with Crippen molar-refractivity contribution >= 4 is 29.7 Å². The van der Waals surface area contributed by atoms with Crippen LogP contribution in [0, 0.1) is 0 Å². The van der Waals surface area contributed by atoms with Crippen molar-refractivity contribution < 1.29 is 4.79 Å². The fraction of sp³-hybridized carbons (Fsp3) is 0.0500. The molecule has 0 spiro atoms. The molecule has 1 amide bonds. The van der Waals surface area contributed by atoms with Crippen LogP contribution in [-0.2, 0) is 0 Å². The van der Waals surface area contributed by atoms with E-state index in [0.717, 1.165) is 10.9 Å². The molecule has 3 heteroatoms. The Bertz CT molecular complexity index is 748. The van der Waals surface area contributed by atoms with Crippen LogP contribution in [-0.4, -0.2) is 13.0 Å². The highest BCUT2D eigenvalue weighted by Gasteiger charge is 2.21. The average Bonchev–Trinajstić information content (AvgIpc) is 2.63. The fourth-order valence-electron chi connectivity index (χ4n) is 2.58. The summed E-state index contributed by atoms with van der Waals surface area (Å²) >= 11 is 0. The number of carbonyl (C=O) groups excluding carboxylic acids is 1. The van der Waals surface area contributed by atoms with Gasteiger partial charge in [-0.05, 0) is 29.9 Å². The Hall–Kier alpha value is -2.44. The van der Waals surface area contributed by atoms with Crippen molar-refractivity contribution in [3.63, 3.8) is 0 Å². The van der Waals surface area contributed by atoms with Crippen molar-refractivity contribution in [2.45, 2.75) is 0 Å². The Kier molecular flexibility index (Phi) is 4.85. The van der Waals surface area contributed by atoms with Gasteiger partial charge in [0.05, 0.1) is 0 Å². The Morgan fingerprint density at radius 3 is 1.74 bits per heavy atom. The van der Waals surface area contributed by atoms with E-state index in [1.165, 1.54) is 10.6 Å². The third-order valence-electron chi connectivity index (χ3n) is 3.65. The molecule has 0 unspecified atom stereocenters. The molecule has 0 radical (unpaired) electrons. The average molecular weight is 319 g/mol. The van der Waals surface area contributed by atoms with Gasteiger partial charge < -0.3 is 5.32 Å². The molecule has 0 aliphatic heterocycles. The largest absolute Gasteiger partial charge is 0.355 e. The van der Waals surface area contributed by atoms with Crippen LogP contribution in [0.15, 0.2) is 84.9 Å². The first-order chi connectivity index (χ1) is 11.3. The second kappa shape index (κ2) is 7.21. The zero-order valence-corrected chi connectivity index (χ0v) is 13.8. The lowest BCUT2D eigenvalue weighted by molar-refractivity contribution is 0.0964. The van der Waals surface area contributed by atoms with Crippen LogP contribution >= 0.6 is 7.92 Å². The lowest BCUT2D eigenvalue weighted by atomic mass is 10.2. The first-order valence-corrected chi connectivity index (χ1v) is 8.87. The molecule has 0 saturated heterocycles. The molecule has 0 heterocycles. The summed E-state index contributed by atoms with van der Waals surface area (Å²) in [5.74, 6) is -0.0417. The predicted molar refractivity (Wildman–Crippen MR) is 98.5 cm³/mol. The SMILES string of the molecule is CNC(=O)c1ccccc1P(c1ccccc1)c1ccccc1. The molecule has 1 N–H and O–H groups in total. The van der Waals surface area contributed by atoms with Crippen LogP contribution in [0.4, 0.5) is 0 Å². The molecule has 0 aliphatic carbocycles. The predicted octanol–water partition coefficient (Wildman–Crippen LogP) is 2.80. The van der Waals surface area contributed by atoms with Gasteiger partial charge >= 0.3 is 0 Å². The summed E-state index contributed by atoms with van der Waals surface area (Å²) in [5.41, 5.74) is 0.744. The van der Waals surface area contributed by atoms with Crippen LogP contribution < -0.4 is 21.2 Å². The number of hydrogen-bond donors (Lipinski definition) is 1. The third kappa shape index (κ3) is 3.33.